The molecule has 0 amide bonds. The first kappa shape index (κ1) is 40.1. The number of aliphatic hydroxyl groups excluding tert-OH is 6. The highest BCUT2D eigenvalue weighted by Crippen LogP contribution is 2.50. The summed E-state index contributed by atoms with van der Waals surface area (Å²) >= 11 is 0. The number of aromatic hydroxyl groups is 1. The fourth-order valence-corrected chi connectivity index (χ4v) is 6.53. The summed E-state index contributed by atoms with van der Waals surface area (Å²) in [7, 11) is 2.53. The highest BCUT2D eigenvalue weighted by molar-refractivity contribution is 5.91. The highest BCUT2D eigenvalue weighted by atomic mass is 16.8. The molecule has 0 spiro atoms. The molecular formula is C32H48O18. The third-order valence-electron chi connectivity index (χ3n) is 9.58. The Balaban J connectivity index is 1.34. The van der Waals surface area contributed by atoms with Gasteiger partial charge in [0.25, 0.3) is 0 Å². The molecule has 12 atom stereocenters. The van der Waals surface area contributed by atoms with Gasteiger partial charge in [-0.25, -0.2) is 4.79 Å². The summed E-state index contributed by atoms with van der Waals surface area (Å²) in [5.41, 5.74) is -6.98. The van der Waals surface area contributed by atoms with Gasteiger partial charge >= 0.3 is 5.97 Å². The van der Waals surface area contributed by atoms with E-state index in [0.717, 1.165) is 12.2 Å². The lowest BCUT2D eigenvalue weighted by Gasteiger charge is -2.54. The quantitative estimate of drug-likeness (QED) is 0.0601. The van der Waals surface area contributed by atoms with Gasteiger partial charge in [-0.3, -0.25) is 0 Å². The van der Waals surface area contributed by atoms with Gasteiger partial charge in [-0.2, -0.15) is 0 Å². The second-order valence-corrected chi connectivity index (χ2v) is 13.8. The number of rotatable bonds is 12. The van der Waals surface area contributed by atoms with E-state index in [1.807, 2.05) is 0 Å². The second-order valence-electron chi connectivity index (χ2n) is 13.8. The smallest absolute Gasteiger partial charge is 0.338 e. The third-order valence-corrected chi connectivity index (χ3v) is 9.58. The summed E-state index contributed by atoms with van der Waals surface area (Å²) in [5.74, 6) is -1.45. The van der Waals surface area contributed by atoms with Crippen LogP contribution in [0.4, 0.5) is 0 Å². The van der Waals surface area contributed by atoms with E-state index in [1.165, 1.54) is 33.3 Å². The predicted molar refractivity (Wildman–Crippen MR) is 166 cm³/mol. The van der Waals surface area contributed by atoms with Gasteiger partial charge in [0, 0.05) is 11.8 Å². The molecule has 0 bridgehead atoms. The lowest BCUT2D eigenvalue weighted by Crippen LogP contribution is -2.65. The second kappa shape index (κ2) is 15.1. The van der Waals surface area contributed by atoms with E-state index >= 15 is 0 Å². The molecule has 3 aliphatic rings. The van der Waals surface area contributed by atoms with Crippen LogP contribution in [0.3, 0.4) is 0 Å². The van der Waals surface area contributed by atoms with Crippen molar-refractivity contribution in [3.63, 3.8) is 0 Å². The first-order valence-corrected chi connectivity index (χ1v) is 15.8. The minimum Gasteiger partial charge on any atom is -0.502 e. The normalized spacial score (nSPS) is 39.3. The zero-order valence-corrected chi connectivity index (χ0v) is 28.3. The van der Waals surface area contributed by atoms with Gasteiger partial charge < -0.3 is 84.2 Å². The lowest BCUT2D eigenvalue weighted by molar-refractivity contribution is -0.330. The summed E-state index contributed by atoms with van der Waals surface area (Å²) in [6.07, 6.45) is -12.6. The number of carbonyl (C=O) groups excluding carboxylic acids is 1. The molecule has 18 nitrogen and oxygen atoms in total. The summed E-state index contributed by atoms with van der Waals surface area (Å²) in [6.45, 7) is 2.70. The minimum absolute atomic E-state index is 0.0751. The number of benzene rings is 1. The Bertz CT molecular complexity index is 1320. The average Bonchev–Trinajstić information content (AvgIpc) is 3.33. The molecule has 2 heterocycles. The van der Waals surface area contributed by atoms with Crippen molar-refractivity contribution in [1.29, 1.82) is 0 Å². The molecule has 3 fully saturated rings. The van der Waals surface area contributed by atoms with Crippen LogP contribution < -0.4 is 9.47 Å². The van der Waals surface area contributed by atoms with Crippen LogP contribution in [0.25, 0.3) is 0 Å². The van der Waals surface area contributed by atoms with E-state index in [4.69, 9.17) is 33.2 Å². The summed E-state index contributed by atoms with van der Waals surface area (Å²) < 4.78 is 36.9. The number of phenolic OH excluding ortho intramolecular Hbond substituents is 1. The van der Waals surface area contributed by atoms with Crippen molar-refractivity contribution in [2.45, 2.75) is 106 Å². The van der Waals surface area contributed by atoms with Crippen LogP contribution in [0, 0.1) is 5.41 Å². The van der Waals surface area contributed by atoms with Crippen molar-refractivity contribution < 1.29 is 89.0 Å². The molecule has 10 N–H and O–H groups in total. The maximum Gasteiger partial charge on any atom is 0.338 e. The first-order valence-electron chi connectivity index (χ1n) is 15.8. The Hall–Kier alpha value is -2.69. The number of ether oxygens (including phenoxy) is 7. The van der Waals surface area contributed by atoms with Crippen molar-refractivity contribution in [3.05, 3.63) is 29.8 Å². The van der Waals surface area contributed by atoms with Gasteiger partial charge in [-0.15, -0.1) is 0 Å². The largest absolute Gasteiger partial charge is 0.502 e. The van der Waals surface area contributed by atoms with E-state index in [1.54, 1.807) is 13.8 Å². The van der Waals surface area contributed by atoms with Gasteiger partial charge in [0.1, 0.15) is 42.7 Å². The van der Waals surface area contributed by atoms with Crippen LogP contribution in [0.1, 0.15) is 44.0 Å². The molecule has 284 valence electrons. The van der Waals surface area contributed by atoms with Crippen molar-refractivity contribution >= 4 is 5.97 Å². The monoisotopic (exact) mass is 720 g/mol. The van der Waals surface area contributed by atoms with Gasteiger partial charge in [0.15, 0.2) is 36.0 Å². The van der Waals surface area contributed by atoms with Crippen molar-refractivity contribution in [2.75, 3.05) is 34.0 Å². The molecule has 1 aromatic rings. The van der Waals surface area contributed by atoms with E-state index in [0.29, 0.717) is 0 Å². The van der Waals surface area contributed by atoms with Crippen LogP contribution >= 0.6 is 0 Å². The maximum absolute atomic E-state index is 12.7. The number of aliphatic hydroxyl groups is 9. The van der Waals surface area contributed by atoms with E-state index in [-0.39, 0.29) is 35.7 Å². The van der Waals surface area contributed by atoms with Gasteiger partial charge in [-0.1, -0.05) is 13.8 Å². The Morgan fingerprint density at radius 1 is 0.960 bits per heavy atom. The summed E-state index contributed by atoms with van der Waals surface area (Å²) in [5, 5.41) is 106. The van der Waals surface area contributed by atoms with Gasteiger partial charge in [0.2, 0.25) is 5.75 Å². The van der Waals surface area contributed by atoms with Gasteiger partial charge in [-0.05, 0) is 37.6 Å². The molecule has 1 aromatic carbocycles. The van der Waals surface area contributed by atoms with Gasteiger partial charge in [0.05, 0.1) is 44.7 Å². The Morgan fingerprint density at radius 2 is 1.58 bits per heavy atom. The van der Waals surface area contributed by atoms with Crippen molar-refractivity contribution in [1.82, 2.24) is 0 Å². The first-order chi connectivity index (χ1) is 23.2. The van der Waals surface area contributed by atoms with Crippen LogP contribution in [0.15, 0.2) is 24.3 Å². The van der Waals surface area contributed by atoms with E-state index in [2.05, 4.69) is 0 Å². The predicted octanol–water partition coefficient (Wildman–Crippen LogP) is -2.61. The molecule has 0 aromatic heterocycles. The fraction of sp³-hybridized carbons (Fsp3) is 0.719. The zero-order chi connectivity index (χ0) is 37.4. The molecule has 50 heavy (non-hydrogen) atoms. The number of hydrogen-bond donors (Lipinski definition) is 10. The number of phenols is 1. The summed E-state index contributed by atoms with van der Waals surface area (Å²) in [4.78, 5) is 12.7. The van der Waals surface area contributed by atoms with Crippen LogP contribution in [0.2, 0.25) is 0 Å². The third kappa shape index (κ3) is 7.87. The number of methoxy groups -OCH3 is 2. The molecule has 2 saturated heterocycles. The zero-order valence-electron chi connectivity index (χ0n) is 28.3. The SMILES string of the molecule is COc1cc(C(=O)OC[C@@]2(O)CO[C@@H](OC[C@H]3O[C@@H](O[C@@H](O)/C=C/[C@]4(O)C(C)(C)C[C@@H](O)C[C@]4(C)O)[C@H](O)[C@@H](O)[C@@H]3O)[C@@H]2O)cc(OC)c1O. The molecule has 0 unspecified atom stereocenters. The standard InChI is InChI=1S/C32H48O18/c1-29(2)10-16(33)11-30(3,41)32(29,43)7-6-20(34)50-27-24(38)23(37)22(36)19(49-27)12-46-28-25(39)31(42,14-48-28)13-47-26(40)15-8-17(44-4)21(35)18(9-15)45-5/h6-9,16,19-20,22-25,27-28,33-39,41-43H,10-14H2,1-5H3/b7-6+/t16-,19-,20-,22-,23+,24-,25+,27+,28-,30+,31-,32+/m1/s1. The van der Waals surface area contributed by atoms with Crippen molar-refractivity contribution in [2.24, 2.45) is 5.41 Å². The molecular weight excluding hydrogens is 672 g/mol. The molecule has 0 radical (unpaired) electrons. The van der Waals surface area contributed by atoms with Crippen LogP contribution in [-0.2, 0) is 23.7 Å². The molecule has 1 saturated carbocycles. The van der Waals surface area contributed by atoms with E-state index < -0.39 is 104 Å². The summed E-state index contributed by atoms with van der Waals surface area (Å²) in [6, 6.07) is 2.37. The lowest BCUT2D eigenvalue weighted by atomic mass is 9.57. The Kier molecular flexibility index (Phi) is 12.1. The average molecular weight is 721 g/mol. The molecule has 18 heteroatoms. The number of carbonyl (C=O) groups is 1. The van der Waals surface area contributed by atoms with E-state index in [9.17, 15) is 55.9 Å². The topological polar surface area (TPSA) is 284 Å². The molecule has 1 aliphatic carbocycles. The van der Waals surface area contributed by atoms with Crippen LogP contribution in [0.5, 0.6) is 17.2 Å². The molecule has 2 aliphatic heterocycles. The Labute approximate surface area is 287 Å². The molecule has 4 rings (SSSR count). The Morgan fingerprint density at radius 3 is 2.16 bits per heavy atom. The fourth-order valence-electron chi connectivity index (χ4n) is 6.53. The number of esters is 1. The minimum atomic E-state index is -2.14. The van der Waals surface area contributed by atoms with Crippen molar-refractivity contribution in [3.8, 4) is 17.2 Å². The maximum atomic E-state index is 12.7. The van der Waals surface area contributed by atoms with Crippen LogP contribution in [-0.4, -0.2) is 163 Å². The highest BCUT2D eigenvalue weighted by Gasteiger charge is 2.59. The number of hydrogen-bond acceptors (Lipinski definition) is 18.